The number of likely N-dealkylation sites (N-methyl/N-ethyl adjacent to an activating group) is 1. The van der Waals surface area contributed by atoms with Crippen LogP contribution in [0.1, 0.15) is 46.2 Å². The SMILES string of the molecule is CCN(Cc1cnc2c(cnn2C(C)C)c1)CC(C)(C)O. The molecular weight excluding hydrogens is 264 g/mol. The zero-order valence-corrected chi connectivity index (χ0v) is 13.7. The first-order chi connectivity index (χ1) is 9.80. The Morgan fingerprint density at radius 3 is 2.62 bits per heavy atom. The van der Waals surface area contributed by atoms with Crippen molar-refractivity contribution in [2.75, 3.05) is 13.1 Å². The maximum absolute atomic E-state index is 9.96. The highest BCUT2D eigenvalue weighted by atomic mass is 16.3. The molecule has 0 spiro atoms. The highest BCUT2D eigenvalue weighted by molar-refractivity contribution is 5.75. The lowest BCUT2D eigenvalue weighted by molar-refractivity contribution is 0.0353. The van der Waals surface area contributed by atoms with Crippen LogP contribution in [0.5, 0.6) is 0 Å². The third-order valence-corrected chi connectivity index (χ3v) is 3.44. The van der Waals surface area contributed by atoms with Crippen molar-refractivity contribution < 1.29 is 5.11 Å². The number of hydrogen-bond acceptors (Lipinski definition) is 4. The third-order valence-electron chi connectivity index (χ3n) is 3.44. The van der Waals surface area contributed by atoms with E-state index in [2.05, 4.69) is 41.8 Å². The molecule has 0 saturated heterocycles. The second-order valence-corrected chi connectivity index (χ2v) is 6.55. The second-order valence-electron chi connectivity index (χ2n) is 6.55. The maximum atomic E-state index is 9.96. The van der Waals surface area contributed by atoms with Gasteiger partial charge in [0.05, 0.1) is 11.8 Å². The van der Waals surface area contributed by atoms with Crippen molar-refractivity contribution in [3.63, 3.8) is 0 Å². The molecule has 0 aliphatic heterocycles. The zero-order valence-electron chi connectivity index (χ0n) is 13.7. The van der Waals surface area contributed by atoms with E-state index >= 15 is 0 Å². The first-order valence-electron chi connectivity index (χ1n) is 7.57. The highest BCUT2D eigenvalue weighted by Gasteiger charge is 2.17. The predicted molar refractivity (Wildman–Crippen MR) is 85.2 cm³/mol. The predicted octanol–water partition coefficient (Wildman–Crippen LogP) is 2.61. The maximum Gasteiger partial charge on any atom is 0.157 e. The lowest BCUT2D eigenvalue weighted by atomic mass is 10.1. The minimum Gasteiger partial charge on any atom is -0.389 e. The summed E-state index contributed by atoms with van der Waals surface area (Å²) in [6.45, 7) is 12.3. The molecule has 0 aliphatic rings. The van der Waals surface area contributed by atoms with E-state index in [-0.39, 0.29) is 0 Å². The number of pyridine rings is 1. The molecule has 1 N–H and O–H groups in total. The van der Waals surface area contributed by atoms with E-state index in [1.807, 2.05) is 30.9 Å². The summed E-state index contributed by atoms with van der Waals surface area (Å²) in [6, 6.07) is 2.45. The molecule has 0 radical (unpaired) electrons. The minimum absolute atomic E-state index is 0.308. The molecule has 116 valence electrons. The van der Waals surface area contributed by atoms with Crippen LogP contribution in [0.4, 0.5) is 0 Å². The topological polar surface area (TPSA) is 54.2 Å². The Hall–Kier alpha value is -1.46. The average molecular weight is 290 g/mol. The number of aliphatic hydroxyl groups is 1. The molecule has 0 atom stereocenters. The number of hydrogen-bond donors (Lipinski definition) is 1. The number of rotatable bonds is 6. The molecule has 2 heterocycles. The Labute approximate surface area is 126 Å². The lowest BCUT2D eigenvalue weighted by Crippen LogP contribution is -2.38. The summed E-state index contributed by atoms with van der Waals surface area (Å²) in [7, 11) is 0. The van der Waals surface area contributed by atoms with Gasteiger partial charge in [0, 0.05) is 30.7 Å². The van der Waals surface area contributed by atoms with Crippen LogP contribution in [0.25, 0.3) is 11.0 Å². The third kappa shape index (κ3) is 4.02. The summed E-state index contributed by atoms with van der Waals surface area (Å²) in [4.78, 5) is 6.78. The summed E-state index contributed by atoms with van der Waals surface area (Å²) in [5.41, 5.74) is 1.40. The standard InChI is InChI=1S/C16H26N4O/c1-6-19(11-16(4,5)21)10-13-7-14-9-18-20(12(2)3)15(14)17-8-13/h7-9,12,21H,6,10-11H2,1-5H3. The van der Waals surface area contributed by atoms with E-state index in [9.17, 15) is 5.11 Å². The van der Waals surface area contributed by atoms with Gasteiger partial charge in [-0.3, -0.25) is 4.90 Å². The molecule has 0 aromatic carbocycles. The minimum atomic E-state index is -0.684. The molecule has 0 amide bonds. The van der Waals surface area contributed by atoms with Crippen molar-refractivity contribution in [2.24, 2.45) is 0 Å². The Morgan fingerprint density at radius 2 is 2.05 bits per heavy atom. The van der Waals surface area contributed by atoms with Crippen molar-refractivity contribution in [3.05, 3.63) is 24.0 Å². The summed E-state index contributed by atoms with van der Waals surface area (Å²) in [6.07, 6.45) is 3.79. The number of fused-ring (bicyclic) bond motifs is 1. The molecule has 5 heteroatoms. The van der Waals surface area contributed by atoms with Crippen LogP contribution < -0.4 is 0 Å². The van der Waals surface area contributed by atoms with Gasteiger partial charge in [0.25, 0.3) is 0 Å². The van der Waals surface area contributed by atoms with Crippen molar-refractivity contribution in [1.82, 2.24) is 19.7 Å². The zero-order chi connectivity index (χ0) is 15.6. The van der Waals surface area contributed by atoms with Gasteiger partial charge in [0.15, 0.2) is 5.65 Å². The molecular formula is C16H26N4O. The average Bonchev–Trinajstić information content (AvgIpc) is 2.79. The smallest absolute Gasteiger partial charge is 0.157 e. The Morgan fingerprint density at radius 1 is 1.33 bits per heavy atom. The lowest BCUT2D eigenvalue weighted by Gasteiger charge is -2.27. The van der Waals surface area contributed by atoms with E-state index < -0.39 is 5.60 Å². The molecule has 2 rings (SSSR count). The fourth-order valence-corrected chi connectivity index (χ4v) is 2.53. The summed E-state index contributed by atoms with van der Waals surface area (Å²) in [5.74, 6) is 0. The molecule has 0 bridgehead atoms. The quantitative estimate of drug-likeness (QED) is 0.888. The Kier molecular flexibility index (Phi) is 4.64. The molecule has 0 unspecified atom stereocenters. The summed E-state index contributed by atoms with van der Waals surface area (Å²) in [5, 5.41) is 15.4. The van der Waals surface area contributed by atoms with Gasteiger partial charge in [-0.1, -0.05) is 6.92 Å². The van der Waals surface area contributed by atoms with E-state index in [0.29, 0.717) is 12.6 Å². The van der Waals surface area contributed by atoms with Crippen molar-refractivity contribution >= 4 is 11.0 Å². The fourth-order valence-electron chi connectivity index (χ4n) is 2.53. The van der Waals surface area contributed by atoms with Crippen LogP contribution >= 0.6 is 0 Å². The highest BCUT2D eigenvalue weighted by Crippen LogP contribution is 2.18. The van der Waals surface area contributed by atoms with Gasteiger partial charge in [-0.15, -0.1) is 0 Å². The Bertz CT molecular complexity index is 598. The monoisotopic (exact) mass is 290 g/mol. The summed E-state index contributed by atoms with van der Waals surface area (Å²) < 4.78 is 1.94. The van der Waals surface area contributed by atoms with E-state index in [4.69, 9.17) is 0 Å². The molecule has 0 fully saturated rings. The van der Waals surface area contributed by atoms with Gasteiger partial charge >= 0.3 is 0 Å². The van der Waals surface area contributed by atoms with Crippen LogP contribution in [-0.2, 0) is 6.54 Å². The fraction of sp³-hybridized carbons (Fsp3) is 0.625. The second kappa shape index (κ2) is 6.12. The van der Waals surface area contributed by atoms with E-state index in [0.717, 1.165) is 29.7 Å². The van der Waals surface area contributed by atoms with Gasteiger partial charge in [-0.25, -0.2) is 9.67 Å². The van der Waals surface area contributed by atoms with E-state index in [1.54, 1.807) is 0 Å². The van der Waals surface area contributed by atoms with Crippen LogP contribution in [0, 0.1) is 0 Å². The van der Waals surface area contributed by atoms with Gasteiger partial charge in [0.1, 0.15) is 0 Å². The molecule has 0 saturated carbocycles. The first kappa shape index (κ1) is 15.9. The van der Waals surface area contributed by atoms with Gasteiger partial charge in [-0.05, 0) is 45.9 Å². The number of aromatic nitrogens is 3. The summed E-state index contributed by atoms with van der Waals surface area (Å²) >= 11 is 0. The van der Waals surface area contributed by atoms with Crippen LogP contribution in [-0.4, -0.2) is 43.5 Å². The van der Waals surface area contributed by atoms with Crippen molar-refractivity contribution in [3.8, 4) is 0 Å². The van der Waals surface area contributed by atoms with Gasteiger partial charge < -0.3 is 5.11 Å². The Balaban J connectivity index is 2.19. The van der Waals surface area contributed by atoms with Gasteiger partial charge in [-0.2, -0.15) is 5.10 Å². The van der Waals surface area contributed by atoms with Crippen molar-refractivity contribution in [1.29, 1.82) is 0 Å². The van der Waals surface area contributed by atoms with Crippen molar-refractivity contribution in [2.45, 2.75) is 52.8 Å². The molecule has 21 heavy (non-hydrogen) atoms. The molecule has 5 nitrogen and oxygen atoms in total. The van der Waals surface area contributed by atoms with E-state index in [1.165, 1.54) is 0 Å². The van der Waals surface area contributed by atoms with Crippen LogP contribution in [0.2, 0.25) is 0 Å². The first-order valence-corrected chi connectivity index (χ1v) is 7.57. The van der Waals surface area contributed by atoms with Crippen LogP contribution in [0.15, 0.2) is 18.5 Å². The molecule has 0 aliphatic carbocycles. The molecule has 2 aromatic heterocycles. The van der Waals surface area contributed by atoms with Crippen LogP contribution in [0.3, 0.4) is 0 Å². The normalized spacial score (nSPS) is 12.8. The van der Waals surface area contributed by atoms with Gasteiger partial charge in [0.2, 0.25) is 0 Å². The number of nitrogens with zero attached hydrogens (tertiary/aromatic N) is 4. The largest absolute Gasteiger partial charge is 0.389 e. The molecule has 2 aromatic rings.